The van der Waals surface area contributed by atoms with Crippen LogP contribution in [0.2, 0.25) is 5.02 Å². The monoisotopic (exact) mass is 497 g/mol. The number of fused-ring (bicyclic) bond motifs is 1. The number of nitro benzene ring substituents is 1. The number of hydrogen-bond acceptors (Lipinski definition) is 6. The van der Waals surface area contributed by atoms with Gasteiger partial charge in [0.15, 0.2) is 0 Å². The zero-order valence-corrected chi connectivity index (χ0v) is 20.5. The number of amides is 1. The Bertz CT molecular complexity index is 1320. The number of carbonyl (C=O) groups is 1. The van der Waals surface area contributed by atoms with Crippen molar-refractivity contribution in [1.29, 1.82) is 0 Å². The van der Waals surface area contributed by atoms with E-state index < -0.39 is 4.92 Å². The first-order chi connectivity index (χ1) is 16.8. The average Bonchev–Trinajstić information content (AvgIpc) is 2.83. The van der Waals surface area contributed by atoms with Crippen LogP contribution in [0.4, 0.5) is 11.4 Å². The van der Waals surface area contributed by atoms with Gasteiger partial charge in [0.05, 0.1) is 22.4 Å². The van der Waals surface area contributed by atoms with E-state index in [0.29, 0.717) is 46.3 Å². The molecule has 4 rings (SSSR count). The number of halogens is 1. The van der Waals surface area contributed by atoms with Crippen LogP contribution in [-0.4, -0.2) is 45.3 Å². The maximum absolute atomic E-state index is 13.4. The predicted molar refractivity (Wildman–Crippen MR) is 136 cm³/mol. The molecule has 0 unspecified atom stereocenters. The zero-order chi connectivity index (χ0) is 25.1. The second-order valence-corrected chi connectivity index (χ2v) is 9.47. The van der Waals surface area contributed by atoms with Gasteiger partial charge in [-0.25, -0.2) is 4.98 Å². The summed E-state index contributed by atoms with van der Waals surface area (Å²) in [4.78, 5) is 48.1. The molecule has 9 nitrogen and oxygen atoms in total. The third kappa shape index (κ3) is 5.45. The molecular formula is C25H28ClN5O4. The minimum atomic E-state index is -0.430. The van der Waals surface area contributed by atoms with E-state index in [1.807, 2.05) is 11.8 Å². The maximum atomic E-state index is 13.4. The van der Waals surface area contributed by atoms with E-state index in [-0.39, 0.29) is 29.3 Å². The van der Waals surface area contributed by atoms with Gasteiger partial charge in [0.1, 0.15) is 11.5 Å². The number of hydrogen-bond donors (Lipinski definition) is 1. The predicted octanol–water partition coefficient (Wildman–Crippen LogP) is 4.77. The van der Waals surface area contributed by atoms with E-state index >= 15 is 0 Å². The molecule has 35 heavy (non-hydrogen) atoms. The lowest BCUT2D eigenvalue weighted by Gasteiger charge is -2.32. The number of nitrogens with zero attached hydrogens (tertiary/aromatic N) is 4. The van der Waals surface area contributed by atoms with E-state index in [1.54, 1.807) is 30.3 Å². The van der Waals surface area contributed by atoms with Crippen LogP contribution in [0.15, 0.2) is 41.2 Å². The molecule has 0 spiro atoms. The number of aromatic amines is 1. The summed E-state index contributed by atoms with van der Waals surface area (Å²) in [7, 11) is 0. The average molecular weight is 498 g/mol. The molecule has 0 aliphatic carbocycles. The highest BCUT2D eigenvalue weighted by molar-refractivity contribution is 6.31. The molecule has 0 saturated carbocycles. The standard InChI is InChI=1S/C25H28ClN5O4/c1-3-10-30(15-23-27-20-14-18(26)5-6-19(20)24(32)28-23)25(33)17-4-7-21(22(13-17)31(34)35)29-11-8-16(2)9-12-29/h4-7,13-14,16H,3,8-12,15H2,1-2H3,(H,27,28,32). The minimum absolute atomic E-state index is 0.0595. The molecule has 1 fully saturated rings. The van der Waals surface area contributed by atoms with Crippen LogP contribution in [0.25, 0.3) is 10.9 Å². The lowest BCUT2D eigenvalue weighted by Crippen LogP contribution is -2.34. The first kappa shape index (κ1) is 24.7. The first-order valence-corrected chi connectivity index (χ1v) is 12.2. The molecule has 10 heteroatoms. The molecule has 1 aliphatic rings. The molecule has 1 N–H and O–H groups in total. The van der Waals surface area contributed by atoms with Crippen LogP contribution in [0.5, 0.6) is 0 Å². The van der Waals surface area contributed by atoms with Crippen molar-refractivity contribution in [3.05, 3.63) is 73.3 Å². The van der Waals surface area contributed by atoms with Gasteiger partial charge in [0, 0.05) is 36.3 Å². The molecule has 2 aromatic carbocycles. The molecule has 184 valence electrons. The van der Waals surface area contributed by atoms with Crippen molar-refractivity contribution in [3.8, 4) is 0 Å². The van der Waals surface area contributed by atoms with Gasteiger partial charge in [-0.3, -0.25) is 19.7 Å². The van der Waals surface area contributed by atoms with Crippen molar-refractivity contribution in [3.63, 3.8) is 0 Å². The zero-order valence-electron chi connectivity index (χ0n) is 19.8. The molecule has 0 atom stereocenters. The van der Waals surface area contributed by atoms with Crippen molar-refractivity contribution in [2.75, 3.05) is 24.5 Å². The summed E-state index contributed by atoms with van der Waals surface area (Å²) in [6.07, 6.45) is 2.62. The van der Waals surface area contributed by atoms with Crippen LogP contribution in [0.3, 0.4) is 0 Å². The van der Waals surface area contributed by atoms with E-state index in [2.05, 4.69) is 16.9 Å². The first-order valence-electron chi connectivity index (χ1n) is 11.8. The summed E-state index contributed by atoms with van der Waals surface area (Å²) >= 11 is 6.05. The van der Waals surface area contributed by atoms with Gasteiger partial charge in [-0.1, -0.05) is 25.4 Å². The fourth-order valence-electron chi connectivity index (χ4n) is 4.44. The molecule has 1 aromatic heterocycles. The number of nitro groups is 1. The van der Waals surface area contributed by atoms with E-state index in [9.17, 15) is 19.7 Å². The van der Waals surface area contributed by atoms with Crippen molar-refractivity contribution in [1.82, 2.24) is 14.9 Å². The second-order valence-electron chi connectivity index (χ2n) is 9.03. The Kier molecular flexibility index (Phi) is 7.35. The third-order valence-electron chi connectivity index (χ3n) is 6.38. The summed E-state index contributed by atoms with van der Waals surface area (Å²) in [5, 5.41) is 12.7. The Morgan fingerprint density at radius 1 is 1.26 bits per heavy atom. The van der Waals surface area contributed by atoms with Crippen LogP contribution in [-0.2, 0) is 6.54 Å². The minimum Gasteiger partial charge on any atom is -0.366 e. The number of piperidine rings is 1. The summed E-state index contributed by atoms with van der Waals surface area (Å²) in [6.45, 7) is 6.08. The Labute approximate surface area is 207 Å². The molecule has 0 bridgehead atoms. The lowest BCUT2D eigenvalue weighted by atomic mass is 9.98. The molecule has 2 heterocycles. The van der Waals surface area contributed by atoms with Crippen molar-refractivity contribution in [2.45, 2.75) is 39.7 Å². The fourth-order valence-corrected chi connectivity index (χ4v) is 4.61. The molecular weight excluding hydrogens is 470 g/mol. The van der Waals surface area contributed by atoms with Gasteiger partial charge in [-0.2, -0.15) is 0 Å². The number of aromatic nitrogens is 2. The van der Waals surface area contributed by atoms with E-state index in [4.69, 9.17) is 11.6 Å². The number of carbonyl (C=O) groups excluding carboxylic acids is 1. The van der Waals surface area contributed by atoms with Crippen LogP contribution in [0, 0.1) is 16.0 Å². The largest absolute Gasteiger partial charge is 0.366 e. The quantitative estimate of drug-likeness (QED) is 0.371. The van der Waals surface area contributed by atoms with Crippen molar-refractivity contribution in [2.24, 2.45) is 5.92 Å². The molecule has 1 aliphatic heterocycles. The maximum Gasteiger partial charge on any atom is 0.293 e. The van der Waals surface area contributed by atoms with Gasteiger partial charge in [-0.15, -0.1) is 0 Å². The van der Waals surface area contributed by atoms with Gasteiger partial charge in [0.2, 0.25) is 0 Å². The SMILES string of the molecule is CCCN(Cc1nc2cc(Cl)ccc2c(=O)[nH]1)C(=O)c1ccc(N2CCC(C)CC2)c([N+](=O)[O-])c1. The molecule has 3 aromatic rings. The number of benzene rings is 2. The molecule has 1 amide bonds. The number of rotatable bonds is 7. The van der Waals surface area contributed by atoms with Crippen LogP contribution in [0.1, 0.15) is 49.3 Å². The van der Waals surface area contributed by atoms with Crippen LogP contribution < -0.4 is 10.5 Å². The number of nitrogens with one attached hydrogen (secondary N) is 1. The van der Waals surface area contributed by atoms with Gasteiger partial charge >= 0.3 is 0 Å². The summed E-state index contributed by atoms with van der Waals surface area (Å²) in [5.41, 5.74) is 0.814. The molecule has 0 radical (unpaired) electrons. The highest BCUT2D eigenvalue weighted by Gasteiger charge is 2.26. The van der Waals surface area contributed by atoms with Crippen molar-refractivity contribution >= 4 is 39.8 Å². The highest BCUT2D eigenvalue weighted by atomic mass is 35.5. The van der Waals surface area contributed by atoms with Gasteiger partial charge in [-0.05, 0) is 55.5 Å². The van der Waals surface area contributed by atoms with Gasteiger partial charge in [0.25, 0.3) is 17.2 Å². The summed E-state index contributed by atoms with van der Waals surface area (Å²) < 4.78 is 0. The topological polar surface area (TPSA) is 112 Å². The number of anilines is 1. The summed E-state index contributed by atoms with van der Waals surface area (Å²) in [5.74, 6) is 0.558. The highest BCUT2D eigenvalue weighted by Crippen LogP contribution is 2.32. The lowest BCUT2D eigenvalue weighted by molar-refractivity contribution is -0.384. The Hall–Kier alpha value is -3.46. The van der Waals surface area contributed by atoms with E-state index in [1.165, 1.54) is 11.0 Å². The Balaban J connectivity index is 1.63. The molecule has 1 saturated heterocycles. The third-order valence-corrected chi connectivity index (χ3v) is 6.62. The van der Waals surface area contributed by atoms with Crippen molar-refractivity contribution < 1.29 is 9.72 Å². The normalized spacial score (nSPS) is 14.3. The van der Waals surface area contributed by atoms with Crippen LogP contribution >= 0.6 is 11.6 Å². The smallest absolute Gasteiger partial charge is 0.293 e. The Morgan fingerprint density at radius 2 is 2.00 bits per heavy atom. The van der Waals surface area contributed by atoms with E-state index in [0.717, 1.165) is 25.9 Å². The fraction of sp³-hybridized carbons (Fsp3) is 0.400. The van der Waals surface area contributed by atoms with Gasteiger partial charge < -0.3 is 14.8 Å². The second kappa shape index (κ2) is 10.4. The summed E-state index contributed by atoms with van der Waals surface area (Å²) in [6, 6.07) is 9.49. The number of H-pyrrole nitrogens is 1. The Morgan fingerprint density at radius 3 is 2.69 bits per heavy atom.